The normalized spacial score (nSPS) is 20.2. The molecule has 170 valence electrons. The fraction of sp³-hybridized carbons (Fsp3) is 0.435. The zero-order valence-electron chi connectivity index (χ0n) is 22.2. The summed E-state index contributed by atoms with van der Waals surface area (Å²) in [5.41, 5.74) is 2.90. The van der Waals surface area contributed by atoms with Crippen molar-refractivity contribution in [3.8, 4) is 17.0 Å². The van der Waals surface area contributed by atoms with Crippen LogP contribution in [0.25, 0.3) is 22.3 Å². The van der Waals surface area contributed by atoms with Crippen molar-refractivity contribution in [3.05, 3.63) is 36.9 Å². The zero-order valence-corrected chi connectivity index (χ0v) is 18.2. The second kappa shape index (κ2) is 7.43. The molecule has 0 radical (unpaired) electrons. The highest BCUT2D eigenvalue weighted by atomic mass is 16.5. The van der Waals surface area contributed by atoms with Gasteiger partial charge in [0.1, 0.15) is 11.8 Å². The number of nitrogens with one attached hydrogen (secondary N) is 1. The average molecular weight is 451 g/mol. The molecule has 1 spiro atoms. The van der Waals surface area contributed by atoms with Crippen LogP contribution in [-0.2, 0) is 4.79 Å². The van der Waals surface area contributed by atoms with Crippen LogP contribution < -0.4 is 10.1 Å². The van der Waals surface area contributed by atoms with Crippen molar-refractivity contribution in [1.82, 2.24) is 34.1 Å². The lowest BCUT2D eigenvalue weighted by Crippen LogP contribution is -2.59. The monoisotopic (exact) mass is 450 g/mol. The van der Waals surface area contributed by atoms with Crippen molar-refractivity contribution in [2.75, 3.05) is 25.5 Å². The number of amides is 1. The number of carbonyl (C=O) groups excluding carboxylic acids is 1. The molecular weight excluding hydrogens is 420 g/mol. The second-order valence-electron chi connectivity index (χ2n) is 8.95. The highest BCUT2D eigenvalue weighted by molar-refractivity contribution is 5.84. The van der Waals surface area contributed by atoms with Gasteiger partial charge in [0, 0.05) is 59.0 Å². The molecule has 0 bridgehead atoms. The number of hydrogen-bond donors (Lipinski definition) is 1. The first-order chi connectivity index (χ1) is 17.7. The van der Waals surface area contributed by atoms with Gasteiger partial charge >= 0.3 is 0 Å². The van der Waals surface area contributed by atoms with E-state index in [1.807, 2.05) is 18.3 Å². The Morgan fingerprint density at radius 1 is 1.27 bits per heavy atom. The number of methoxy groups -OCH3 is 1. The van der Waals surface area contributed by atoms with Gasteiger partial charge in [-0.15, -0.1) is 5.10 Å². The van der Waals surface area contributed by atoms with Crippen molar-refractivity contribution in [2.24, 2.45) is 5.41 Å². The first-order valence-electron chi connectivity index (χ1n) is 13.0. The molecule has 4 aromatic heterocycles. The largest absolute Gasteiger partial charge is 0.479 e. The Morgan fingerprint density at radius 3 is 2.91 bits per heavy atom. The maximum atomic E-state index is 12.0. The Hall–Kier alpha value is -3.69. The van der Waals surface area contributed by atoms with E-state index in [0.29, 0.717) is 30.4 Å². The summed E-state index contributed by atoms with van der Waals surface area (Å²) in [5.74, 6) is -0.0269. The van der Waals surface area contributed by atoms with Gasteiger partial charge < -0.3 is 15.0 Å². The number of nitrogens with zero attached hydrogens (tertiary/aromatic N) is 7. The number of likely N-dealkylation sites (tertiary alicyclic amines) is 1. The van der Waals surface area contributed by atoms with E-state index < -0.39 is 12.8 Å². The van der Waals surface area contributed by atoms with E-state index in [0.717, 1.165) is 42.5 Å². The van der Waals surface area contributed by atoms with Crippen molar-refractivity contribution < 1.29 is 15.0 Å². The van der Waals surface area contributed by atoms with E-state index in [-0.39, 0.29) is 17.6 Å². The minimum absolute atomic E-state index is 0.00350. The van der Waals surface area contributed by atoms with Crippen molar-refractivity contribution in [2.45, 2.75) is 38.6 Å². The topological polar surface area (TPSA) is 102 Å². The van der Waals surface area contributed by atoms with Gasteiger partial charge in [-0.05, 0) is 43.9 Å². The molecule has 1 saturated carbocycles. The number of hydrogen-bond acceptors (Lipinski definition) is 7. The molecule has 33 heavy (non-hydrogen) atoms. The lowest BCUT2D eigenvalue weighted by atomic mass is 9.67. The molecule has 10 nitrogen and oxygen atoms in total. The van der Waals surface area contributed by atoms with Gasteiger partial charge in [0.25, 0.3) is 0 Å². The Morgan fingerprint density at radius 2 is 2.12 bits per heavy atom. The first kappa shape index (κ1) is 16.0. The summed E-state index contributed by atoms with van der Waals surface area (Å²) in [5, 5.41) is 12.2. The quantitative estimate of drug-likeness (QED) is 0.510. The Balaban J connectivity index is 1.19. The van der Waals surface area contributed by atoms with Gasteiger partial charge in [0.05, 0.1) is 8.48 Å². The van der Waals surface area contributed by atoms with Crippen LogP contribution in [0.4, 0.5) is 5.95 Å². The number of anilines is 1. The van der Waals surface area contributed by atoms with Gasteiger partial charge in [0.2, 0.25) is 17.7 Å². The maximum absolute atomic E-state index is 12.0. The molecule has 1 amide bonds. The molecule has 4 aromatic rings. The fourth-order valence-corrected chi connectivity index (χ4v) is 5.10. The van der Waals surface area contributed by atoms with E-state index in [1.165, 1.54) is 15.7 Å². The number of pyridine rings is 1. The average Bonchev–Trinajstić information content (AvgIpc) is 3.45. The van der Waals surface area contributed by atoms with Crippen LogP contribution in [0.2, 0.25) is 0 Å². The summed E-state index contributed by atoms with van der Waals surface area (Å²) >= 11 is 0. The Bertz CT molecular complexity index is 1500. The van der Waals surface area contributed by atoms with Crippen LogP contribution in [0.5, 0.6) is 5.88 Å². The van der Waals surface area contributed by atoms with E-state index in [4.69, 9.17) is 10.2 Å². The fourth-order valence-electron chi connectivity index (χ4n) is 5.10. The molecule has 0 unspecified atom stereocenters. The molecule has 2 aliphatic rings. The third kappa shape index (κ3) is 3.37. The Kier molecular flexibility index (Phi) is 3.60. The maximum Gasteiger partial charge on any atom is 0.244 e. The smallest absolute Gasteiger partial charge is 0.244 e. The Labute approximate surface area is 196 Å². The summed E-state index contributed by atoms with van der Waals surface area (Å²) < 4.78 is 39.3. The van der Waals surface area contributed by atoms with Crippen molar-refractivity contribution in [3.63, 3.8) is 0 Å². The summed E-state index contributed by atoms with van der Waals surface area (Å²) in [6.07, 6.45) is 6.99. The number of carbonyl (C=O) groups is 1. The summed E-state index contributed by atoms with van der Waals surface area (Å²) in [7, 11) is 1.54. The SMILES string of the molecule is [2H]c1cc(-c2ccc3ncnn3c2)c2c(OC)nc(NC3CCC4(CC3)CN(C(=O)C([2H])([2H])[2H])C4)nn12. The zero-order chi connectivity index (χ0) is 25.9. The van der Waals surface area contributed by atoms with Crippen molar-refractivity contribution in [1.29, 1.82) is 0 Å². The van der Waals surface area contributed by atoms with E-state index in [1.54, 1.807) is 17.7 Å². The lowest BCUT2D eigenvalue weighted by molar-refractivity contribution is -0.143. The molecule has 1 N–H and O–H groups in total. The molecule has 1 aliphatic heterocycles. The molecule has 1 aliphatic carbocycles. The molecular formula is C23H26N8O2. The van der Waals surface area contributed by atoms with Gasteiger partial charge in [-0.3, -0.25) is 4.79 Å². The lowest BCUT2D eigenvalue weighted by Gasteiger charge is -2.53. The molecule has 10 heteroatoms. The molecule has 0 atom stereocenters. The molecule has 5 heterocycles. The molecule has 0 aromatic carbocycles. The predicted molar refractivity (Wildman–Crippen MR) is 122 cm³/mol. The van der Waals surface area contributed by atoms with Crippen LogP contribution in [0, 0.1) is 5.41 Å². The minimum atomic E-state index is -2.58. The number of rotatable bonds is 4. The van der Waals surface area contributed by atoms with Gasteiger partial charge in [-0.25, -0.2) is 14.0 Å². The number of fused-ring (bicyclic) bond motifs is 2. The van der Waals surface area contributed by atoms with Gasteiger partial charge in [-0.2, -0.15) is 10.1 Å². The number of aromatic nitrogens is 6. The summed E-state index contributed by atoms with van der Waals surface area (Å²) in [4.78, 5) is 22.2. The first-order valence-corrected chi connectivity index (χ1v) is 11.0. The van der Waals surface area contributed by atoms with Crippen LogP contribution in [0.1, 0.15) is 38.0 Å². The highest BCUT2D eigenvalue weighted by Crippen LogP contribution is 2.44. The summed E-state index contributed by atoms with van der Waals surface area (Å²) in [6, 6.07) is 5.62. The molecule has 1 saturated heterocycles. The second-order valence-corrected chi connectivity index (χ2v) is 8.95. The van der Waals surface area contributed by atoms with Crippen LogP contribution >= 0.6 is 0 Å². The third-order valence-electron chi connectivity index (χ3n) is 6.90. The van der Waals surface area contributed by atoms with E-state index in [9.17, 15) is 4.79 Å². The number of ether oxygens (including phenoxy) is 1. The standard InChI is InChI=1S/C23H26N8O2/c1-15(32)29-12-23(13-29)8-5-17(6-9-23)26-22-27-21(33-2)20-18(7-10-30(20)28-22)16-3-4-19-24-14-25-31(19)11-16/h3-4,7,10-11,14,17H,5-6,8-9,12-13H2,1-2H3,(H,26,28)/i1D3,10D. The predicted octanol–water partition coefficient (Wildman–Crippen LogP) is 2.65. The molecule has 2 fully saturated rings. The van der Waals surface area contributed by atoms with E-state index >= 15 is 0 Å². The van der Waals surface area contributed by atoms with E-state index in [2.05, 4.69) is 25.5 Å². The summed E-state index contributed by atoms with van der Waals surface area (Å²) in [6.45, 7) is -1.57. The van der Waals surface area contributed by atoms with Crippen LogP contribution in [0.3, 0.4) is 0 Å². The third-order valence-corrected chi connectivity index (χ3v) is 6.90. The van der Waals surface area contributed by atoms with Crippen LogP contribution in [-0.4, -0.2) is 66.2 Å². The van der Waals surface area contributed by atoms with Gasteiger partial charge in [-0.1, -0.05) is 0 Å². The molecule has 6 rings (SSSR count). The van der Waals surface area contributed by atoms with Gasteiger partial charge in [0.15, 0.2) is 5.65 Å². The minimum Gasteiger partial charge on any atom is -0.479 e. The highest BCUT2D eigenvalue weighted by Gasteiger charge is 2.46. The van der Waals surface area contributed by atoms with Crippen LogP contribution in [0.15, 0.2) is 36.9 Å². The van der Waals surface area contributed by atoms with Crippen molar-refractivity contribution >= 4 is 23.0 Å².